The van der Waals surface area contributed by atoms with Crippen LogP contribution in [0.5, 0.6) is 0 Å². The van der Waals surface area contributed by atoms with Gasteiger partial charge in [0.1, 0.15) is 18.1 Å². The largest absolute Gasteiger partial charge is 0.370 e. The minimum Gasteiger partial charge on any atom is -0.370 e. The van der Waals surface area contributed by atoms with Crippen molar-refractivity contribution in [1.29, 1.82) is 0 Å². The van der Waals surface area contributed by atoms with E-state index < -0.39 is 58.6 Å². The number of fused-ring (bicyclic) bond motifs is 2. The summed E-state index contributed by atoms with van der Waals surface area (Å²) in [7, 11) is 1.84. The first-order valence-corrected chi connectivity index (χ1v) is 28.3. The van der Waals surface area contributed by atoms with Crippen LogP contribution in [0.3, 0.4) is 0 Å². The van der Waals surface area contributed by atoms with E-state index in [2.05, 4.69) is 57.2 Å². The molecule has 4 amide bonds. The zero-order valence-electron chi connectivity index (χ0n) is 47.9. The first-order chi connectivity index (χ1) is 34.3. The van der Waals surface area contributed by atoms with E-state index >= 15 is 0 Å². The number of carbonyl (C=O) groups is 6. The lowest BCUT2D eigenvalue weighted by molar-refractivity contribution is -0.144. The topological polar surface area (TPSA) is 166 Å². The Bertz CT molecular complexity index is 2330. The number of rotatable bonds is 18. The number of thiocarbonyl (C=S) groups is 2. The van der Waals surface area contributed by atoms with E-state index in [-0.39, 0.29) is 206 Å². The fraction of sp³-hybridized carbons (Fsp3) is 0.571. The highest BCUT2D eigenvalue weighted by Gasteiger charge is 2.57. The fourth-order valence-corrected chi connectivity index (χ4v) is 14.5. The normalized spacial score (nSPS) is 22.5. The Labute approximate surface area is 578 Å². The predicted octanol–water partition coefficient (Wildman–Crippen LogP) is 8.44. The second kappa shape index (κ2) is 42.0. The molecule has 82 heavy (non-hydrogen) atoms. The summed E-state index contributed by atoms with van der Waals surface area (Å²) in [6.45, 7) is 14.1. The standard InChI is InChI=1S/C56H72N6O6S4.10H2S/c1-9-34(2)53(70)59-39-27-30-71-42-32-55(4,5)45(44(42)48(39)64)50(65)60-46(36-21-15-13-16-22-36)40(63)25-19-11-10-12-20-28-58-51(66)47(37-23-17-14-18-24-37)61-52(67)49-56(6,7)33-43-62(49)54(68)38(26-29-72-43)31-41(69)35(3)57-8;;;;;;;;;;/h13-18,21-24,34-35,38-39,42-47,49,57H,9,19,25-33H2,1-8H3,(H,58,66)(H,59,70)(H,60,65)(H,61,67);10*1H2/t34-,35+,38-,39+,42+,43+,44?,45-,46+,47+,49-;;;;;;;;;;/m1........../s1. The lowest BCUT2D eigenvalue weighted by Gasteiger charge is -2.35. The molecule has 466 valence electrons. The fourth-order valence-electron chi connectivity index (χ4n) is 10.6. The number of amides is 4. The van der Waals surface area contributed by atoms with Crippen LogP contribution in [0.15, 0.2) is 60.7 Å². The molecule has 5 N–H and O–H groups in total. The van der Waals surface area contributed by atoms with Gasteiger partial charge in [-0.3, -0.25) is 28.8 Å². The Balaban J connectivity index is -0.00000198. The molecule has 0 spiro atoms. The zero-order chi connectivity index (χ0) is 52.3. The molecule has 4 aliphatic rings. The molecule has 0 bridgehead atoms. The van der Waals surface area contributed by atoms with E-state index in [0.717, 1.165) is 22.8 Å². The lowest BCUT2D eigenvalue weighted by Crippen LogP contribution is -2.55. The van der Waals surface area contributed by atoms with E-state index in [1.807, 2.05) is 85.0 Å². The van der Waals surface area contributed by atoms with Crippen LogP contribution in [0.25, 0.3) is 0 Å². The summed E-state index contributed by atoms with van der Waals surface area (Å²) in [5.41, 5.74) is 0.181. The average Bonchev–Trinajstić information content (AvgIpc) is 3.68. The van der Waals surface area contributed by atoms with Gasteiger partial charge in [0.05, 0.1) is 28.9 Å². The van der Waals surface area contributed by atoms with Crippen molar-refractivity contribution in [3.05, 3.63) is 71.8 Å². The van der Waals surface area contributed by atoms with Crippen molar-refractivity contribution in [2.45, 2.75) is 141 Å². The third kappa shape index (κ3) is 23.1. The Morgan fingerprint density at radius 1 is 0.732 bits per heavy atom. The SMILES string of the molecule is CC[C@@H](C)C(=S)N[C@H]1CCS[C@H]2CC(C)(C)[C@@H](C(=O)N[C@H](C(=O)CCC#CC#CCNC(=O)[C@@H](NC(=O)[C@H]3N4C(=O)[C@@H](CC(=S)[C@H](C)NC)CCS[C@H]4CC3(C)C)c3ccccc3)c3ccccc3)C2C1=O.S.S.S.S.S.S.S.S.S.S. The van der Waals surface area contributed by atoms with Gasteiger partial charge in [-0.25, -0.2) is 0 Å². The van der Waals surface area contributed by atoms with Gasteiger partial charge in [-0.1, -0.05) is 138 Å². The first kappa shape index (κ1) is 89.7. The van der Waals surface area contributed by atoms with Crippen molar-refractivity contribution >= 4 is 228 Å². The number of hydrogen-bond acceptors (Lipinski definition) is 11. The zero-order valence-corrected chi connectivity index (χ0v) is 61.2. The van der Waals surface area contributed by atoms with Crippen LogP contribution in [0.4, 0.5) is 0 Å². The van der Waals surface area contributed by atoms with Crippen molar-refractivity contribution in [3.8, 4) is 23.7 Å². The summed E-state index contributed by atoms with van der Waals surface area (Å²) in [4.78, 5) is 88.5. The molecule has 2 aromatic rings. The minimum absolute atomic E-state index is 0. The van der Waals surface area contributed by atoms with Crippen molar-refractivity contribution in [3.63, 3.8) is 0 Å². The summed E-state index contributed by atoms with van der Waals surface area (Å²) < 4.78 is 0. The van der Waals surface area contributed by atoms with E-state index in [1.165, 1.54) is 0 Å². The second-order valence-corrected chi connectivity index (χ2v) is 24.6. The van der Waals surface area contributed by atoms with Gasteiger partial charge in [0.2, 0.25) is 23.6 Å². The number of benzene rings is 2. The minimum atomic E-state index is -1.06. The number of carbonyl (C=O) groups excluding carboxylic acids is 6. The molecular formula is C56H92N6O6S14. The van der Waals surface area contributed by atoms with Crippen LogP contribution >= 0.6 is 183 Å². The third-order valence-corrected chi connectivity index (χ3v) is 18.6. The monoisotopic (exact) mass is 1390 g/mol. The van der Waals surface area contributed by atoms with Crippen LogP contribution < -0.4 is 26.6 Å². The second-order valence-electron chi connectivity index (χ2n) is 21.0. The van der Waals surface area contributed by atoms with Crippen molar-refractivity contribution in [1.82, 2.24) is 31.5 Å². The Kier molecular flexibility index (Phi) is 45.9. The van der Waals surface area contributed by atoms with Gasteiger partial charge >= 0.3 is 0 Å². The lowest BCUT2D eigenvalue weighted by atomic mass is 9.75. The van der Waals surface area contributed by atoms with Crippen LogP contribution in [-0.2, 0) is 28.8 Å². The molecule has 3 heterocycles. The molecule has 4 fully saturated rings. The summed E-state index contributed by atoms with van der Waals surface area (Å²) in [6, 6.07) is 14.8. The number of nitrogens with one attached hydrogen (secondary N) is 5. The molecule has 2 aromatic carbocycles. The average molecular weight is 1390 g/mol. The van der Waals surface area contributed by atoms with Gasteiger partial charge in [0.25, 0.3) is 0 Å². The third-order valence-electron chi connectivity index (χ3n) is 14.9. The van der Waals surface area contributed by atoms with Gasteiger partial charge in [-0.15, -0.1) is 11.8 Å². The van der Waals surface area contributed by atoms with Crippen LogP contribution in [0.1, 0.15) is 123 Å². The molecule has 0 aromatic heterocycles. The van der Waals surface area contributed by atoms with Crippen LogP contribution in [0, 0.1) is 58.2 Å². The van der Waals surface area contributed by atoms with E-state index in [4.69, 9.17) is 24.4 Å². The summed E-state index contributed by atoms with van der Waals surface area (Å²) in [5.74, 6) is 10.1. The van der Waals surface area contributed by atoms with Gasteiger partial charge < -0.3 is 31.5 Å². The maximum atomic E-state index is 14.5. The molecular weight excluding hydrogens is 1300 g/mol. The summed E-state index contributed by atoms with van der Waals surface area (Å²) in [5, 5.41) is 15.2. The first-order valence-electron chi connectivity index (χ1n) is 25.4. The van der Waals surface area contributed by atoms with E-state index in [1.54, 1.807) is 52.7 Å². The molecule has 26 heteroatoms. The molecule has 0 radical (unpaired) electrons. The number of nitrogens with zero attached hydrogens (tertiary/aromatic N) is 1. The molecule has 3 aliphatic heterocycles. The van der Waals surface area contributed by atoms with Crippen molar-refractivity contribution in [2.75, 3.05) is 25.1 Å². The summed E-state index contributed by atoms with van der Waals surface area (Å²) in [6.07, 6.45) is 4.20. The maximum Gasteiger partial charge on any atom is 0.247 e. The van der Waals surface area contributed by atoms with Crippen molar-refractivity contribution in [2.24, 2.45) is 34.5 Å². The predicted molar refractivity (Wildman–Crippen MR) is 401 cm³/mol. The maximum absolute atomic E-state index is 14.5. The van der Waals surface area contributed by atoms with Crippen LogP contribution in [0.2, 0.25) is 0 Å². The van der Waals surface area contributed by atoms with Crippen molar-refractivity contribution < 1.29 is 28.8 Å². The number of ketones is 2. The Morgan fingerprint density at radius 2 is 1.28 bits per heavy atom. The molecule has 6 rings (SSSR count). The highest BCUT2D eigenvalue weighted by molar-refractivity contribution is 8.00. The molecule has 1 unspecified atom stereocenters. The Hall–Kier alpha value is -1.08. The van der Waals surface area contributed by atoms with E-state index in [9.17, 15) is 28.8 Å². The highest BCUT2D eigenvalue weighted by atomic mass is 32.2. The molecule has 3 saturated heterocycles. The van der Waals surface area contributed by atoms with Gasteiger partial charge in [-0.2, -0.15) is 147 Å². The smallest absolute Gasteiger partial charge is 0.247 e. The van der Waals surface area contributed by atoms with E-state index in [0.29, 0.717) is 48.2 Å². The van der Waals surface area contributed by atoms with Crippen LogP contribution in [-0.4, -0.2) is 104 Å². The number of thioether (sulfide) groups is 2. The number of Topliss-reactive ketones (excluding diaryl/α,β-unsaturated/α-hetero) is 2. The molecule has 12 nitrogen and oxygen atoms in total. The van der Waals surface area contributed by atoms with Gasteiger partial charge in [0.15, 0.2) is 11.6 Å². The van der Waals surface area contributed by atoms with Gasteiger partial charge in [-0.05, 0) is 97.8 Å². The highest BCUT2D eigenvalue weighted by Crippen LogP contribution is 2.53. The number of hydrogen-bond donors (Lipinski definition) is 5. The molecule has 11 atom stereocenters. The summed E-state index contributed by atoms with van der Waals surface area (Å²) >= 11 is 14.8. The van der Waals surface area contributed by atoms with Gasteiger partial charge in [0, 0.05) is 46.8 Å². The Morgan fingerprint density at radius 3 is 1.85 bits per heavy atom. The quantitative estimate of drug-likeness (QED) is 0.0716. The molecule has 1 saturated carbocycles. The molecule has 1 aliphatic carbocycles.